The smallest absolute Gasteiger partial charge is 0.262 e. The molecule has 1 aliphatic rings. The number of hydrogen-bond acceptors (Lipinski definition) is 4. The zero-order valence-corrected chi connectivity index (χ0v) is 10.8. The summed E-state index contributed by atoms with van der Waals surface area (Å²) in [5, 5.41) is 3.68. The molecule has 0 aliphatic carbocycles. The van der Waals surface area contributed by atoms with Gasteiger partial charge in [-0.2, -0.15) is 4.31 Å². The van der Waals surface area contributed by atoms with Crippen LogP contribution in [0.5, 0.6) is 0 Å². The highest BCUT2D eigenvalue weighted by Crippen LogP contribution is 2.20. The minimum Gasteiger partial charge on any atom is -0.339 e. The maximum Gasteiger partial charge on any atom is 0.262 e. The van der Waals surface area contributed by atoms with Crippen molar-refractivity contribution in [2.45, 2.75) is 23.9 Å². The van der Waals surface area contributed by atoms with Gasteiger partial charge in [-0.05, 0) is 18.4 Å². The third-order valence-electron chi connectivity index (χ3n) is 2.92. The van der Waals surface area contributed by atoms with E-state index in [2.05, 4.69) is 15.0 Å². The van der Waals surface area contributed by atoms with Gasteiger partial charge in [0, 0.05) is 37.3 Å². The molecule has 0 amide bonds. The summed E-state index contributed by atoms with van der Waals surface area (Å²) in [5.74, 6) is 0. The molecule has 0 spiro atoms. The van der Waals surface area contributed by atoms with Crippen LogP contribution in [0.1, 0.15) is 12.8 Å². The van der Waals surface area contributed by atoms with Crippen molar-refractivity contribution in [1.82, 2.24) is 13.9 Å². The summed E-state index contributed by atoms with van der Waals surface area (Å²) in [6.45, 7) is 0.727. The molecular formula is C9H14N6O2S. The normalized spacial score (nSPS) is 18.5. The number of aryl methyl sites for hydroxylation is 1. The van der Waals surface area contributed by atoms with Gasteiger partial charge in [0.1, 0.15) is 0 Å². The average Bonchev–Trinajstić information content (AvgIpc) is 2.78. The van der Waals surface area contributed by atoms with Crippen LogP contribution < -0.4 is 0 Å². The van der Waals surface area contributed by atoms with Gasteiger partial charge in [-0.1, -0.05) is 5.11 Å². The molecule has 1 aromatic heterocycles. The first kappa shape index (κ1) is 12.9. The van der Waals surface area contributed by atoms with E-state index in [1.165, 1.54) is 16.8 Å². The molecule has 1 fully saturated rings. The first-order chi connectivity index (χ1) is 8.54. The number of nitrogens with zero attached hydrogens (tertiary/aromatic N) is 6. The average molecular weight is 270 g/mol. The Balaban J connectivity index is 2.11. The van der Waals surface area contributed by atoms with Gasteiger partial charge in [-0.15, -0.1) is 0 Å². The van der Waals surface area contributed by atoms with E-state index in [9.17, 15) is 8.42 Å². The molecule has 0 saturated carbocycles. The van der Waals surface area contributed by atoms with Crippen LogP contribution in [-0.4, -0.2) is 41.4 Å². The van der Waals surface area contributed by atoms with E-state index in [0.29, 0.717) is 25.9 Å². The van der Waals surface area contributed by atoms with Crippen molar-refractivity contribution < 1.29 is 8.42 Å². The van der Waals surface area contributed by atoms with E-state index in [1.54, 1.807) is 11.6 Å². The Morgan fingerprint density at radius 1 is 1.50 bits per heavy atom. The first-order valence-electron chi connectivity index (χ1n) is 5.56. The second-order valence-electron chi connectivity index (χ2n) is 4.22. The van der Waals surface area contributed by atoms with Gasteiger partial charge >= 0.3 is 0 Å². The summed E-state index contributed by atoms with van der Waals surface area (Å²) in [5.41, 5.74) is 8.34. The predicted octanol–water partition coefficient (Wildman–Crippen LogP) is 0.883. The number of rotatable bonds is 3. The predicted molar refractivity (Wildman–Crippen MR) is 64.1 cm³/mol. The van der Waals surface area contributed by atoms with Crippen LogP contribution in [0.25, 0.3) is 10.4 Å². The minimum atomic E-state index is -3.51. The number of aromatic nitrogens is 2. The molecule has 0 aromatic carbocycles. The zero-order chi connectivity index (χ0) is 13.2. The number of imidazole rings is 1. The van der Waals surface area contributed by atoms with Crippen LogP contribution in [-0.2, 0) is 17.1 Å². The van der Waals surface area contributed by atoms with Gasteiger partial charge in [0.05, 0.1) is 6.33 Å². The van der Waals surface area contributed by atoms with Gasteiger partial charge < -0.3 is 4.57 Å². The lowest BCUT2D eigenvalue weighted by atomic mass is 10.1. The van der Waals surface area contributed by atoms with Crippen LogP contribution in [0.2, 0.25) is 0 Å². The molecule has 2 rings (SSSR count). The Bertz CT molecular complexity index is 566. The topological polar surface area (TPSA) is 104 Å². The van der Waals surface area contributed by atoms with Crippen molar-refractivity contribution in [2.75, 3.05) is 13.1 Å². The van der Waals surface area contributed by atoms with E-state index in [1.807, 2.05) is 0 Å². The van der Waals surface area contributed by atoms with Crippen molar-refractivity contribution in [3.05, 3.63) is 23.0 Å². The number of azide groups is 1. The monoisotopic (exact) mass is 270 g/mol. The Morgan fingerprint density at radius 3 is 2.67 bits per heavy atom. The maximum atomic E-state index is 12.2. The highest BCUT2D eigenvalue weighted by Gasteiger charge is 2.30. The summed E-state index contributed by atoms with van der Waals surface area (Å²) in [4.78, 5) is 6.62. The fourth-order valence-corrected chi connectivity index (χ4v) is 3.36. The lowest BCUT2D eigenvalue weighted by molar-refractivity contribution is 0.319. The Morgan fingerprint density at radius 2 is 2.17 bits per heavy atom. The molecule has 9 heteroatoms. The third kappa shape index (κ3) is 2.47. The quantitative estimate of drug-likeness (QED) is 0.462. The summed E-state index contributed by atoms with van der Waals surface area (Å²) in [7, 11) is -1.79. The molecule has 0 unspecified atom stereocenters. The lowest BCUT2D eigenvalue weighted by Crippen LogP contribution is -2.39. The molecule has 0 atom stereocenters. The SMILES string of the molecule is Cn1cnc(S(=O)(=O)N2CCC(N=[N+]=[N-])CC2)c1. The summed E-state index contributed by atoms with van der Waals surface area (Å²) in [6.07, 6.45) is 4.04. The van der Waals surface area contributed by atoms with Gasteiger partial charge in [0.15, 0.2) is 5.03 Å². The van der Waals surface area contributed by atoms with E-state index in [0.717, 1.165) is 0 Å². The molecule has 1 aliphatic heterocycles. The molecule has 8 nitrogen and oxygen atoms in total. The van der Waals surface area contributed by atoms with E-state index < -0.39 is 10.0 Å². The van der Waals surface area contributed by atoms with Crippen molar-refractivity contribution in [3.8, 4) is 0 Å². The van der Waals surface area contributed by atoms with Crippen LogP contribution in [0, 0.1) is 0 Å². The number of hydrogen-bond donors (Lipinski definition) is 0. The summed E-state index contributed by atoms with van der Waals surface area (Å²) < 4.78 is 27.4. The summed E-state index contributed by atoms with van der Waals surface area (Å²) in [6, 6.07) is -0.106. The van der Waals surface area contributed by atoms with Crippen molar-refractivity contribution >= 4 is 10.0 Å². The second kappa shape index (κ2) is 4.97. The van der Waals surface area contributed by atoms with Gasteiger partial charge in [-0.3, -0.25) is 0 Å². The molecule has 0 N–H and O–H groups in total. The summed E-state index contributed by atoms with van der Waals surface area (Å²) >= 11 is 0. The highest BCUT2D eigenvalue weighted by molar-refractivity contribution is 7.89. The largest absolute Gasteiger partial charge is 0.339 e. The standard InChI is InChI=1S/C9H14N6O2S/c1-14-6-9(11-7-14)18(16,17)15-4-2-8(3-5-15)12-13-10/h6-8H,2-5H2,1H3. The third-order valence-corrected chi connectivity index (χ3v) is 4.71. The van der Waals surface area contributed by atoms with E-state index in [4.69, 9.17) is 5.53 Å². The molecule has 0 radical (unpaired) electrons. The first-order valence-corrected chi connectivity index (χ1v) is 7.00. The fourth-order valence-electron chi connectivity index (χ4n) is 1.93. The molecular weight excluding hydrogens is 256 g/mol. The van der Waals surface area contributed by atoms with Crippen molar-refractivity contribution in [2.24, 2.45) is 12.2 Å². The Labute approximate surface area is 105 Å². The van der Waals surface area contributed by atoms with Crippen LogP contribution in [0.4, 0.5) is 0 Å². The Hall–Kier alpha value is -1.57. The highest BCUT2D eigenvalue weighted by atomic mass is 32.2. The van der Waals surface area contributed by atoms with Gasteiger partial charge in [0.2, 0.25) is 0 Å². The molecule has 1 aromatic rings. The van der Waals surface area contributed by atoms with Crippen LogP contribution in [0.3, 0.4) is 0 Å². The van der Waals surface area contributed by atoms with Crippen molar-refractivity contribution in [3.63, 3.8) is 0 Å². The van der Waals surface area contributed by atoms with Crippen LogP contribution in [0.15, 0.2) is 22.7 Å². The van der Waals surface area contributed by atoms with Crippen molar-refractivity contribution in [1.29, 1.82) is 0 Å². The van der Waals surface area contributed by atoms with Crippen LogP contribution >= 0.6 is 0 Å². The molecule has 18 heavy (non-hydrogen) atoms. The maximum absolute atomic E-state index is 12.2. The molecule has 2 heterocycles. The Kier molecular flexibility index (Phi) is 3.55. The van der Waals surface area contributed by atoms with Gasteiger partial charge in [0.25, 0.3) is 10.0 Å². The number of piperidine rings is 1. The van der Waals surface area contributed by atoms with E-state index in [-0.39, 0.29) is 11.1 Å². The molecule has 1 saturated heterocycles. The second-order valence-corrected chi connectivity index (χ2v) is 6.10. The minimum absolute atomic E-state index is 0.0623. The van der Waals surface area contributed by atoms with E-state index >= 15 is 0 Å². The number of sulfonamides is 1. The zero-order valence-electron chi connectivity index (χ0n) is 9.97. The molecule has 98 valence electrons. The molecule has 0 bridgehead atoms. The fraction of sp³-hybridized carbons (Fsp3) is 0.667. The lowest BCUT2D eigenvalue weighted by Gasteiger charge is -2.28. The van der Waals surface area contributed by atoms with Gasteiger partial charge in [-0.25, -0.2) is 13.4 Å².